The maximum atomic E-state index is 6.75. The van der Waals surface area contributed by atoms with Gasteiger partial charge in [-0.25, -0.2) is 15.0 Å². The van der Waals surface area contributed by atoms with E-state index in [0.717, 1.165) is 63.4 Å². The molecule has 5 nitrogen and oxygen atoms in total. The van der Waals surface area contributed by atoms with E-state index in [1.54, 1.807) is 0 Å². The molecule has 1 atom stereocenters. The van der Waals surface area contributed by atoms with Crippen molar-refractivity contribution in [3.05, 3.63) is 234 Å². The number of ether oxygens (including phenoxy) is 1. The van der Waals surface area contributed by atoms with E-state index >= 15 is 0 Å². The van der Waals surface area contributed by atoms with Crippen LogP contribution in [0.15, 0.2) is 212 Å². The summed E-state index contributed by atoms with van der Waals surface area (Å²) in [6, 6.07) is 68.8. The molecule has 1 unspecified atom stereocenters. The van der Waals surface area contributed by atoms with Gasteiger partial charge in [0.1, 0.15) is 11.5 Å². The smallest absolute Gasteiger partial charge is 0.164 e. The molecule has 63 heavy (non-hydrogen) atoms. The first-order valence-corrected chi connectivity index (χ1v) is 21.7. The van der Waals surface area contributed by atoms with E-state index in [1.807, 2.05) is 18.2 Å². The monoisotopic (exact) mass is 806 g/mol. The van der Waals surface area contributed by atoms with Gasteiger partial charge < -0.3 is 9.30 Å². The number of fused-ring (bicyclic) bond motifs is 11. The van der Waals surface area contributed by atoms with Crippen LogP contribution in [0.2, 0.25) is 0 Å². The standard InChI is InChI=1S/C58H38N4O/c1-2-14-39(15-3-1)55-59-56(40-28-26-37(27-29-40)38-30-33-42(34-31-38)62-51-23-11-6-18-45(51)46-19-7-12-24-52(46)62)61-57(60-55)41-32-35-54-50(36-41)58(49-22-10-13-25-53(49)63-54)47-20-8-4-16-43(47)44-17-5-9-21-48(44)58/h1-8,10-20,22-36H,9,21H2. The number of nitrogens with zero attached hydrogens (tertiary/aromatic N) is 4. The summed E-state index contributed by atoms with van der Waals surface area (Å²) in [6.07, 6.45) is 6.60. The van der Waals surface area contributed by atoms with Gasteiger partial charge in [-0.3, -0.25) is 0 Å². The van der Waals surface area contributed by atoms with E-state index in [1.165, 1.54) is 49.6 Å². The van der Waals surface area contributed by atoms with Crippen molar-refractivity contribution in [3.63, 3.8) is 0 Å². The zero-order valence-electron chi connectivity index (χ0n) is 34.2. The first kappa shape index (κ1) is 35.6. The molecule has 10 aromatic rings. The lowest BCUT2D eigenvalue weighted by atomic mass is 9.64. The average Bonchev–Trinajstić information content (AvgIpc) is 3.85. The highest BCUT2D eigenvalue weighted by Crippen LogP contribution is 2.63. The van der Waals surface area contributed by atoms with Crippen LogP contribution in [0.4, 0.5) is 0 Å². The van der Waals surface area contributed by atoms with Gasteiger partial charge in [0.25, 0.3) is 0 Å². The maximum Gasteiger partial charge on any atom is 0.164 e. The number of para-hydroxylation sites is 3. The topological polar surface area (TPSA) is 52.8 Å². The van der Waals surface area contributed by atoms with Gasteiger partial charge in [-0.2, -0.15) is 0 Å². The van der Waals surface area contributed by atoms with Crippen molar-refractivity contribution < 1.29 is 4.74 Å². The largest absolute Gasteiger partial charge is 0.457 e. The number of rotatable bonds is 5. The van der Waals surface area contributed by atoms with Crippen LogP contribution < -0.4 is 4.74 Å². The van der Waals surface area contributed by atoms with E-state index < -0.39 is 5.41 Å². The fourth-order valence-electron chi connectivity index (χ4n) is 10.5. The lowest BCUT2D eigenvalue weighted by Gasteiger charge is -2.41. The quantitative estimate of drug-likeness (QED) is 0.174. The summed E-state index contributed by atoms with van der Waals surface area (Å²) in [7, 11) is 0. The van der Waals surface area contributed by atoms with Gasteiger partial charge in [-0.05, 0) is 94.8 Å². The molecule has 0 saturated heterocycles. The summed E-state index contributed by atoms with van der Waals surface area (Å²) in [4.78, 5) is 15.5. The molecule has 0 saturated carbocycles. The average molecular weight is 807 g/mol. The number of hydrogen-bond acceptors (Lipinski definition) is 4. The molecule has 1 aliphatic heterocycles. The molecule has 2 aromatic heterocycles. The maximum absolute atomic E-state index is 6.75. The Morgan fingerprint density at radius 3 is 1.71 bits per heavy atom. The van der Waals surface area contributed by atoms with E-state index in [0.29, 0.717) is 17.5 Å². The van der Waals surface area contributed by atoms with Crippen molar-refractivity contribution in [2.45, 2.75) is 18.3 Å². The van der Waals surface area contributed by atoms with Gasteiger partial charge in [0.05, 0.1) is 16.4 Å². The van der Waals surface area contributed by atoms with Crippen LogP contribution in [-0.2, 0) is 5.41 Å². The predicted octanol–water partition coefficient (Wildman–Crippen LogP) is 14.2. The molecule has 0 amide bonds. The van der Waals surface area contributed by atoms with Crippen LogP contribution in [-0.4, -0.2) is 19.5 Å². The highest BCUT2D eigenvalue weighted by Gasteiger charge is 2.52. The van der Waals surface area contributed by atoms with Gasteiger partial charge in [-0.1, -0.05) is 158 Å². The van der Waals surface area contributed by atoms with E-state index in [9.17, 15) is 0 Å². The Labute approximate surface area is 365 Å². The second kappa shape index (κ2) is 13.9. The fraction of sp³-hybridized carbons (Fsp3) is 0.0517. The normalized spacial score (nSPS) is 15.9. The predicted molar refractivity (Wildman–Crippen MR) is 254 cm³/mol. The van der Waals surface area contributed by atoms with Crippen LogP contribution in [0, 0.1) is 0 Å². The van der Waals surface area contributed by atoms with Crippen molar-refractivity contribution in [3.8, 4) is 62.5 Å². The summed E-state index contributed by atoms with van der Waals surface area (Å²) < 4.78 is 9.10. The van der Waals surface area contributed by atoms with E-state index in [-0.39, 0.29) is 0 Å². The van der Waals surface area contributed by atoms with Crippen LogP contribution in [0.25, 0.3) is 78.4 Å². The Hall–Kier alpha value is -8.15. The third-order valence-corrected chi connectivity index (χ3v) is 13.2. The Bertz CT molecular complexity index is 3470. The van der Waals surface area contributed by atoms with Gasteiger partial charge in [0.2, 0.25) is 0 Å². The lowest BCUT2D eigenvalue weighted by molar-refractivity contribution is 0.432. The van der Waals surface area contributed by atoms with Crippen LogP contribution >= 0.6 is 0 Å². The van der Waals surface area contributed by atoms with Crippen molar-refractivity contribution in [1.29, 1.82) is 0 Å². The van der Waals surface area contributed by atoms with Gasteiger partial charge in [0, 0.05) is 44.3 Å². The molecule has 3 aliphatic rings. The summed E-state index contributed by atoms with van der Waals surface area (Å²) in [5.41, 5.74) is 15.6. The van der Waals surface area contributed by atoms with Crippen molar-refractivity contribution in [2.24, 2.45) is 0 Å². The van der Waals surface area contributed by atoms with E-state index in [2.05, 4.69) is 193 Å². The fourth-order valence-corrected chi connectivity index (χ4v) is 10.5. The Kier molecular flexibility index (Phi) is 7.88. The van der Waals surface area contributed by atoms with Gasteiger partial charge >= 0.3 is 0 Å². The Morgan fingerprint density at radius 1 is 0.444 bits per heavy atom. The number of aromatic nitrogens is 4. The molecule has 13 rings (SSSR count). The summed E-state index contributed by atoms with van der Waals surface area (Å²) >= 11 is 0. The number of benzene rings is 8. The second-order valence-corrected chi connectivity index (χ2v) is 16.6. The van der Waals surface area contributed by atoms with Gasteiger partial charge in [-0.15, -0.1) is 0 Å². The second-order valence-electron chi connectivity index (χ2n) is 16.6. The zero-order chi connectivity index (χ0) is 41.5. The first-order chi connectivity index (χ1) is 31.2. The zero-order valence-corrected chi connectivity index (χ0v) is 34.2. The Morgan fingerprint density at radius 2 is 0.984 bits per heavy atom. The van der Waals surface area contributed by atoms with Crippen LogP contribution in [0.5, 0.6) is 11.5 Å². The number of allylic oxidation sites excluding steroid dienone is 4. The van der Waals surface area contributed by atoms with E-state index in [4.69, 9.17) is 19.7 Å². The SMILES string of the molecule is C1=CC2=C(CC1)C1(c3ccccc3Oc3ccc(-c4nc(-c5ccccc5)nc(-c5ccc(-c6ccc(-n7c8ccccc8c8ccccc87)cc6)cc5)n4)cc31)c1ccccc12. The molecule has 296 valence electrons. The van der Waals surface area contributed by atoms with Crippen molar-refractivity contribution in [2.75, 3.05) is 0 Å². The van der Waals surface area contributed by atoms with Crippen LogP contribution in [0.3, 0.4) is 0 Å². The Balaban J connectivity index is 0.909. The summed E-state index contributed by atoms with van der Waals surface area (Å²) in [5, 5.41) is 2.51. The number of hydrogen-bond donors (Lipinski definition) is 0. The van der Waals surface area contributed by atoms with Crippen molar-refractivity contribution in [1.82, 2.24) is 19.5 Å². The van der Waals surface area contributed by atoms with Crippen molar-refractivity contribution >= 4 is 27.4 Å². The molecule has 8 aromatic carbocycles. The molecular weight excluding hydrogens is 769 g/mol. The molecule has 5 heteroatoms. The molecular formula is C58H38N4O. The molecule has 1 spiro atoms. The minimum atomic E-state index is -0.507. The molecule has 0 N–H and O–H groups in total. The molecule has 0 fully saturated rings. The molecule has 0 radical (unpaired) electrons. The summed E-state index contributed by atoms with van der Waals surface area (Å²) in [5.74, 6) is 3.61. The minimum Gasteiger partial charge on any atom is -0.457 e. The molecule has 0 bridgehead atoms. The molecule has 2 aliphatic carbocycles. The first-order valence-electron chi connectivity index (χ1n) is 21.7. The van der Waals surface area contributed by atoms with Crippen LogP contribution in [0.1, 0.15) is 35.1 Å². The lowest BCUT2D eigenvalue weighted by Crippen LogP contribution is -2.33. The highest BCUT2D eigenvalue weighted by molar-refractivity contribution is 6.09. The third kappa shape index (κ3) is 5.39. The third-order valence-electron chi connectivity index (χ3n) is 13.2. The molecule has 3 heterocycles. The summed E-state index contributed by atoms with van der Waals surface area (Å²) in [6.45, 7) is 0. The minimum absolute atomic E-state index is 0.507. The van der Waals surface area contributed by atoms with Gasteiger partial charge in [0.15, 0.2) is 17.5 Å². The highest BCUT2D eigenvalue weighted by atomic mass is 16.5.